The fourth-order valence-corrected chi connectivity index (χ4v) is 3.65. The molecule has 5 heterocycles. The van der Waals surface area contributed by atoms with E-state index in [0.29, 0.717) is 35.9 Å². The van der Waals surface area contributed by atoms with E-state index in [-0.39, 0.29) is 11.4 Å². The van der Waals surface area contributed by atoms with Crippen molar-refractivity contribution in [3.63, 3.8) is 0 Å². The summed E-state index contributed by atoms with van der Waals surface area (Å²) in [5, 5.41) is 12.8. The lowest BCUT2D eigenvalue weighted by Crippen LogP contribution is -2.36. The topological polar surface area (TPSA) is 81.5 Å². The highest BCUT2D eigenvalue weighted by Gasteiger charge is 2.32. The van der Waals surface area contributed by atoms with Crippen molar-refractivity contribution < 1.29 is 9.13 Å². The Kier molecular flexibility index (Phi) is 3.60. The van der Waals surface area contributed by atoms with E-state index in [0.717, 1.165) is 22.2 Å². The number of pyridine rings is 2. The molecule has 0 unspecified atom stereocenters. The van der Waals surface area contributed by atoms with E-state index in [4.69, 9.17) is 9.84 Å². The number of aromatic nitrogens is 6. The lowest BCUT2D eigenvalue weighted by Gasteiger charge is -2.31. The summed E-state index contributed by atoms with van der Waals surface area (Å²) in [7, 11) is 0. The third-order valence-corrected chi connectivity index (χ3v) is 5.08. The maximum atomic E-state index is 13.8. The van der Waals surface area contributed by atoms with Gasteiger partial charge in [-0.3, -0.25) is 9.78 Å². The van der Waals surface area contributed by atoms with Crippen LogP contribution in [0.25, 0.3) is 33.5 Å². The van der Waals surface area contributed by atoms with Crippen LogP contribution in [0.1, 0.15) is 25.2 Å². The molecule has 0 aliphatic carbocycles. The molecule has 0 amide bonds. The van der Waals surface area contributed by atoms with Gasteiger partial charge in [-0.05, 0) is 39.0 Å². The van der Waals surface area contributed by atoms with Crippen molar-refractivity contribution >= 4 is 11.0 Å². The summed E-state index contributed by atoms with van der Waals surface area (Å²) in [6.45, 7) is 6.78. The van der Waals surface area contributed by atoms with Gasteiger partial charge >= 0.3 is 0 Å². The van der Waals surface area contributed by atoms with Crippen molar-refractivity contribution in [3.05, 3.63) is 47.8 Å². The van der Waals surface area contributed by atoms with E-state index in [2.05, 4.69) is 20.2 Å². The smallest absolute Gasteiger partial charge is 0.155 e. The molecule has 0 spiro atoms. The van der Waals surface area contributed by atoms with Crippen LogP contribution in [0.4, 0.5) is 4.39 Å². The van der Waals surface area contributed by atoms with Crippen LogP contribution < -0.4 is 0 Å². The summed E-state index contributed by atoms with van der Waals surface area (Å²) in [6, 6.07) is 5.04. The summed E-state index contributed by atoms with van der Waals surface area (Å²) >= 11 is 0. The van der Waals surface area contributed by atoms with Crippen molar-refractivity contribution in [1.29, 1.82) is 0 Å². The first-order valence-corrected chi connectivity index (χ1v) is 9.08. The molecule has 7 nitrogen and oxygen atoms in total. The normalized spacial score (nSPS) is 15.7. The molecule has 8 heteroatoms. The van der Waals surface area contributed by atoms with Crippen molar-refractivity contribution in [2.75, 3.05) is 0 Å². The molecule has 0 radical (unpaired) electrons. The molecular formula is C20H19FN6O. The van der Waals surface area contributed by atoms with E-state index >= 15 is 0 Å². The summed E-state index contributed by atoms with van der Waals surface area (Å²) in [5.74, 6) is -0.333. The molecule has 5 rings (SSSR count). The summed E-state index contributed by atoms with van der Waals surface area (Å²) < 4.78 is 21.8. The van der Waals surface area contributed by atoms with Gasteiger partial charge in [-0.25, -0.2) is 14.4 Å². The van der Waals surface area contributed by atoms with Gasteiger partial charge in [0, 0.05) is 22.7 Å². The number of hydrogen-bond donors (Lipinski definition) is 1. The standard InChI is InChI=1S/C20H19FN6O/c1-11-14(21)4-5-15(24-11)18-17(12-6-7-22-19-13(12)8-23-25-19)16-9-28-20(2,3)10-27(16)26-18/h4-8H,9-10H2,1-3H3,(H,22,23,25). The second kappa shape index (κ2) is 5.93. The quantitative estimate of drug-likeness (QED) is 0.576. The first kappa shape index (κ1) is 17.0. The van der Waals surface area contributed by atoms with Gasteiger partial charge < -0.3 is 4.74 Å². The fraction of sp³-hybridized carbons (Fsp3) is 0.300. The van der Waals surface area contributed by atoms with Gasteiger partial charge in [-0.1, -0.05) is 0 Å². The number of halogens is 1. The highest BCUT2D eigenvalue weighted by atomic mass is 19.1. The van der Waals surface area contributed by atoms with Gasteiger partial charge in [-0.2, -0.15) is 10.2 Å². The minimum atomic E-state index is -0.333. The highest BCUT2D eigenvalue weighted by molar-refractivity contribution is 5.97. The molecule has 0 atom stereocenters. The molecule has 0 saturated heterocycles. The summed E-state index contributed by atoms with van der Waals surface area (Å²) in [5.41, 5.74) is 4.88. The number of fused-ring (bicyclic) bond motifs is 2. The summed E-state index contributed by atoms with van der Waals surface area (Å²) in [4.78, 5) is 8.78. The first-order chi connectivity index (χ1) is 13.4. The number of hydrogen-bond acceptors (Lipinski definition) is 5. The number of H-pyrrole nitrogens is 1. The Balaban J connectivity index is 1.80. The van der Waals surface area contributed by atoms with Gasteiger partial charge in [0.2, 0.25) is 0 Å². The van der Waals surface area contributed by atoms with Crippen molar-refractivity contribution in [2.45, 2.75) is 39.5 Å². The monoisotopic (exact) mass is 378 g/mol. The third-order valence-electron chi connectivity index (χ3n) is 5.08. The molecule has 142 valence electrons. The number of nitrogens with zero attached hydrogens (tertiary/aromatic N) is 5. The zero-order valence-electron chi connectivity index (χ0n) is 15.8. The Labute approximate surface area is 160 Å². The van der Waals surface area contributed by atoms with E-state index < -0.39 is 0 Å². The first-order valence-electron chi connectivity index (χ1n) is 9.08. The Hall–Kier alpha value is -3.13. The SMILES string of the molecule is Cc1nc(-c2nn3c(c2-c2ccnc4[nH]ncc24)COC(C)(C)C3)ccc1F. The highest BCUT2D eigenvalue weighted by Crippen LogP contribution is 2.39. The molecule has 4 aromatic heterocycles. The molecule has 1 aliphatic rings. The van der Waals surface area contributed by atoms with Crippen LogP contribution >= 0.6 is 0 Å². The van der Waals surface area contributed by atoms with Gasteiger partial charge in [0.25, 0.3) is 0 Å². The second-order valence-corrected chi connectivity index (χ2v) is 7.63. The lowest BCUT2D eigenvalue weighted by atomic mass is 9.98. The minimum absolute atomic E-state index is 0.317. The third kappa shape index (κ3) is 2.60. The van der Waals surface area contributed by atoms with Gasteiger partial charge in [0.05, 0.1) is 42.0 Å². The summed E-state index contributed by atoms with van der Waals surface area (Å²) in [6.07, 6.45) is 3.49. The number of aromatic amines is 1. The van der Waals surface area contributed by atoms with Crippen LogP contribution in [0.15, 0.2) is 30.6 Å². The molecule has 0 saturated carbocycles. The van der Waals surface area contributed by atoms with Gasteiger partial charge in [0.15, 0.2) is 5.65 Å². The van der Waals surface area contributed by atoms with Crippen LogP contribution in [-0.4, -0.2) is 35.5 Å². The molecule has 28 heavy (non-hydrogen) atoms. The predicted molar refractivity (Wildman–Crippen MR) is 102 cm³/mol. The number of rotatable bonds is 2. The molecule has 1 aliphatic heterocycles. The minimum Gasteiger partial charge on any atom is -0.367 e. The molecule has 4 aromatic rings. The zero-order valence-corrected chi connectivity index (χ0v) is 15.8. The zero-order chi connectivity index (χ0) is 19.5. The molecule has 0 bridgehead atoms. The van der Waals surface area contributed by atoms with E-state index in [1.54, 1.807) is 25.4 Å². The van der Waals surface area contributed by atoms with Crippen LogP contribution in [0, 0.1) is 12.7 Å². The Morgan fingerprint density at radius 1 is 1.25 bits per heavy atom. The number of nitrogens with one attached hydrogen (secondary N) is 1. The van der Waals surface area contributed by atoms with Crippen LogP contribution in [0.2, 0.25) is 0 Å². The maximum absolute atomic E-state index is 13.8. The van der Waals surface area contributed by atoms with Crippen molar-refractivity contribution in [1.82, 2.24) is 29.9 Å². The van der Waals surface area contributed by atoms with Gasteiger partial charge in [-0.15, -0.1) is 0 Å². The average molecular weight is 378 g/mol. The largest absolute Gasteiger partial charge is 0.367 e. The van der Waals surface area contributed by atoms with Crippen LogP contribution in [-0.2, 0) is 17.9 Å². The van der Waals surface area contributed by atoms with Crippen molar-refractivity contribution in [2.24, 2.45) is 0 Å². The molecular weight excluding hydrogens is 359 g/mol. The Morgan fingerprint density at radius 3 is 2.93 bits per heavy atom. The average Bonchev–Trinajstić information content (AvgIpc) is 3.27. The maximum Gasteiger partial charge on any atom is 0.155 e. The Bertz CT molecular complexity index is 1210. The number of ether oxygens (including phenoxy) is 1. The van der Waals surface area contributed by atoms with E-state index in [1.165, 1.54) is 6.07 Å². The van der Waals surface area contributed by atoms with Crippen LogP contribution in [0.5, 0.6) is 0 Å². The fourth-order valence-electron chi connectivity index (χ4n) is 3.65. The molecule has 1 N–H and O–H groups in total. The van der Waals surface area contributed by atoms with Crippen LogP contribution in [0.3, 0.4) is 0 Å². The lowest BCUT2D eigenvalue weighted by molar-refractivity contribution is -0.0657. The van der Waals surface area contributed by atoms with Crippen molar-refractivity contribution in [3.8, 4) is 22.5 Å². The molecule has 0 fully saturated rings. The second-order valence-electron chi connectivity index (χ2n) is 7.63. The predicted octanol–water partition coefficient (Wildman–Crippen LogP) is 3.64. The van der Waals surface area contributed by atoms with E-state index in [9.17, 15) is 4.39 Å². The van der Waals surface area contributed by atoms with Gasteiger partial charge in [0.1, 0.15) is 11.5 Å². The molecule has 0 aromatic carbocycles. The van der Waals surface area contributed by atoms with E-state index in [1.807, 2.05) is 24.6 Å². The Morgan fingerprint density at radius 2 is 2.11 bits per heavy atom. The number of aryl methyl sites for hydroxylation is 1.